The zero-order valence-corrected chi connectivity index (χ0v) is 8.05. The van der Waals surface area contributed by atoms with E-state index in [0.29, 0.717) is 6.42 Å². The van der Waals surface area contributed by atoms with Gasteiger partial charge in [0.25, 0.3) is 0 Å². The van der Waals surface area contributed by atoms with Gasteiger partial charge in [-0.15, -0.1) is 0 Å². The van der Waals surface area contributed by atoms with Crippen LogP contribution >= 0.6 is 0 Å². The summed E-state index contributed by atoms with van der Waals surface area (Å²) < 4.78 is 0. The molecule has 0 heterocycles. The Labute approximate surface area is 83.0 Å². The van der Waals surface area contributed by atoms with Crippen LogP contribution in [0.2, 0.25) is 0 Å². The Bertz CT molecular complexity index is 295. The van der Waals surface area contributed by atoms with Gasteiger partial charge in [0.05, 0.1) is 12.0 Å². The summed E-state index contributed by atoms with van der Waals surface area (Å²) in [5.74, 6) is -1.69. The highest BCUT2D eigenvalue weighted by molar-refractivity contribution is 5.70. The second-order valence-corrected chi connectivity index (χ2v) is 3.38. The van der Waals surface area contributed by atoms with E-state index in [1.807, 2.05) is 30.3 Å². The van der Waals surface area contributed by atoms with Crippen molar-refractivity contribution in [3.63, 3.8) is 0 Å². The Balaban J connectivity index is 2.57. The molecule has 0 aliphatic heterocycles. The lowest BCUT2D eigenvalue weighted by Crippen LogP contribution is -2.27. The average molecular weight is 194 g/mol. The van der Waals surface area contributed by atoms with Gasteiger partial charge < -0.3 is 10.2 Å². The fourth-order valence-corrected chi connectivity index (χ4v) is 1.20. The molecular formula is C11H14O3. The lowest BCUT2D eigenvalue weighted by atomic mass is 9.98. The van der Waals surface area contributed by atoms with Crippen molar-refractivity contribution in [2.75, 3.05) is 0 Å². The molecule has 0 amide bonds. The van der Waals surface area contributed by atoms with Crippen LogP contribution in [0.15, 0.2) is 30.3 Å². The van der Waals surface area contributed by atoms with Gasteiger partial charge in [0.2, 0.25) is 0 Å². The highest BCUT2D eigenvalue weighted by Crippen LogP contribution is 2.10. The van der Waals surface area contributed by atoms with E-state index in [1.54, 1.807) is 0 Å². The summed E-state index contributed by atoms with van der Waals surface area (Å²) in [5, 5.41) is 18.2. The second kappa shape index (κ2) is 4.77. The van der Waals surface area contributed by atoms with E-state index in [1.165, 1.54) is 6.92 Å². The van der Waals surface area contributed by atoms with Crippen LogP contribution in [0.5, 0.6) is 0 Å². The summed E-state index contributed by atoms with van der Waals surface area (Å²) in [7, 11) is 0. The zero-order chi connectivity index (χ0) is 10.6. The molecule has 3 heteroatoms. The van der Waals surface area contributed by atoms with Crippen LogP contribution in [0, 0.1) is 5.92 Å². The highest BCUT2D eigenvalue weighted by atomic mass is 16.4. The first-order chi connectivity index (χ1) is 6.61. The van der Waals surface area contributed by atoms with E-state index in [0.717, 1.165) is 5.56 Å². The van der Waals surface area contributed by atoms with Crippen LogP contribution in [-0.4, -0.2) is 22.3 Å². The summed E-state index contributed by atoms with van der Waals surface area (Å²) in [6.07, 6.45) is -0.441. The lowest BCUT2D eigenvalue weighted by Gasteiger charge is -2.14. The van der Waals surface area contributed by atoms with Crippen LogP contribution in [0.1, 0.15) is 12.5 Å². The molecule has 3 nitrogen and oxygen atoms in total. The second-order valence-electron chi connectivity index (χ2n) is 3.38. The quantitative estimate of drug-likeness (QED) is 0.759. The van der Waals surface area contributed by atoms with Gasteiger partial charge >= 0.3 is 5.97 Å². The topological polar surface area (TPSA) is 57.5 Å². The number of carbonyl (C=O) groups is 1. The van der Waals surface area contributed by atoms with Crippen LogP contribution in [0.25, 0.3) is 0 Å². The van der Waals surface area contributed by atoms with E-state index in [-0.39, 0.29) is 0 Å². The van der Waals surface area contributed by atoms with Crippen molar-refractivity contribution in [2.24, 2.45) is 5.92 Å². The predicted molar refractivity (Wildman–Crippen MR) is 53.0 cm³/mol. The fraction of sp³-hybridized carbons (Fsp3) is 0.364. The molecule has 14 heavy (non-hydrogen) atoms. The molecule has 0 unspecified atom stereocenters. The Kier molecular flexibility index (Phi) is 3.65. The number of carboxylic acid groups (broad SMARTS) is 1. The van der Waals surface area contributed by atoms with Crippen LogP contribution < -0.4 is 0 Å². The molecule has 2 atom stereocenters. The predicted octanol–water partition coefficient (Wildman–Crippen LogP) is 1.31. The number of aliphatic hydroxyl groups is 1. The van der Waals surface area contributed by atoms with Crippen molar-refractivity contribution in [3.8, 4) is 0 Å². The Hall–Kier alpha value is -1.35. The Morgan fingerprint density at radius 3 is 2.43 bits per heavy atom. The maximum Gasteiger partial charge on any atom is 0.308 e. The van der Waals surface area contributed by atoms with Gasteiger partial charge in [-0.05, 0) is 18.9 Å². The molecule has 1 rings (SSSR count). The SMILES string of the molecule is C[C@@H](C(=O)O)[C@H](O)Cc1ccccc1. The van der Waals surface area contributed by atoms with Crippen LogP contribution in [0.4, 0.5) is 0 Å². The van der Waals surface area contributed by atoms with Gasteiger partial charge in [-0.2, -0.15) is 0 Å². The monoisotopic (exact) mass is 194 g/mol. The molecule has 1 aromatic carbocycles. The standard InChI is InChI=1S/C11H14O3/c1-8(11(13)14)10(12)7-9-5-3-2-4-6-9/h2-6,8,10,12H,7H2,1H3,(H,13,14)/t8-,10-/m1/s1. The Morgan fingerprint density at radius 2 is 1.93 bits per heavy atom. The van der Waals surface area contributed by atoms with Crippen molar-refractivity contribution in [3.05, 3.63) is 35.9 Å². The van der Waals surface area contributed by atoms with Crippen molar-refractivity contribution < 1.29 is 15.0 Å². The lowest BCUT2D eigenvalue weighted by molar-refractivity contribution is -0.144. The van der Waals surface area contributed by atoms with Crippen LogP contribution in [-0.2, 0) is 11.2 Å². The van der Waals surface area contributed by atoms with Crippen LogP contribution in [0.3, 0.4) is 0 Å². The Morgan fingerprint density at radius 1 is 1.36 bits per heavy atom. The molecule has 0 saturated heterocycles. The zero-order valence-electron chi connectivity index (χ0n) is 8.05. The van der Waals surface area contributed by atoms with Gasteiger partial charge in [0.15, 0.2) is 0 Å². The highest BCUT2D eigenvalue weighted by Gasteiger charge is 2.20. The fourth-order valence-electron chi connectivity index (χ4n) is 1.20. The number of benzene rings is 1. The van der Waals surface area contributed by atoms with E-state index < -0.39 is 18.0 Å². The third kappa shape index (κ3) is 2.85. The molecule has 0 saturated carbocycles. The van der Waals surface area contributed by atoms with E-state index in [2.05, 4.69) is 0 Å². The summed E-state index contributed by atoms with van der Waals surface area (Å²) in [6, 6.07) is 9.37. The minimum atomic E-state index is -0.964. The smallest absolute Gasteiger partial charge is 0.308 e. The molecule has 1 aromatic rings. The molecule has 0 aromatic heterocycles. The molecule has 0 aliphatic carbocycles. The molecular weight excluding hydrogens is 180 g/mol. The van der Waals surface area contributed by atoms with Gasteiger partial charge in [0.1, 0.15) is 0 Å². The minimum Gasteiger partial charge on any atom is -0.481 e. The summed E-state index contributed by atoms with van der Waals surface area (Å²) in [5.41, 5.74) is 0.952. The average Bonchev–Trinajstić information content (AvgIpc) is 2.18. The van der Waals surface area contributed by atoms with Gasteiger partial charge in [-0.25, -0.2) is 0 Å². The minimum absolute atomic E-state index is 0.383. The maximum atomic E-state index is 10.6. The first-order valence-corrected chi connectivity index (χ1v) is 4.56. The number of hydrogen-bond acceptors (Lipinski definition) is 2. The third-order valence-corrected chi connectivity index (χ3v) is 2.25. The summed E-state index contributed by atoms with van der Waals surface area (Å²) in [4.78, 5) is 10.6. The molecule has 0 spiro atoms. The van der Waals surface area contributed by atoms with Crippen molar-refractivity contribution in [1.29, 1.82) is 0 Å². The van der Waals surface area contributed by atoms with E-state index in [4.69, 9.17) is 5.11 Å². The van der Waals surface area contributed by atoms with Crippen molar-refractivity contribution >= 4 is 5.97 Å². The number of rotatable bonds is 4. The number of carboxylic acids is 1. The molecule has 0 aliphatic rings. The first-order valence-electron chi connectivity index (χ1n) is 4.56. The first kappa shape index (κ1) is 10.7. The number of aliphatic hydroxyl groups excluding tert-OH is 1. The molecule has 0 radical (unpaired) electrons. The summed E-state index contributed by atoms with van der Waals surface area (Å²) >= 11 is 0. The van der Waals surface area contributed by atoms with Gasteiger partial charge in [-0.1, -0.05) is 30.3 Å². The molecule has 76 valence electrons. The normalized spacial score (nSPS) is 14.7. The maximum absolute atomic E-state index is 10.6. The molecule has 0 fully saturated rings. The van der Waals surface area contributed by atoms with Crippen molar-refractivity contribution in [2.45, 2.75) is 19.4 Å². The third-order valence-electron chi connectivity index (χ3n) is 2.25. The van der Waals surface area contributed by atoms with E-state index in [9.17, 15) is 9.90 Å². The number of aliphatic carboxylic acids is 1. The molecule has 2 N–H and O–H groups in total. The van der Waals surface area contributed by atoms with Gasteiger partial charge in [-0.3, -0.25) is 4.79 Å². The van der Waals surface area contributed by atoms with Gasteiger partial charge in [0, 0.05) is 0 Å². The molecule has 0 bridgehead atoms. The van der Waals surface area contributed by atoms with Crippen molar-refractivity contribution in [1.82, 2.24) is 0 Å². The summed E-state index contributed by atoms with van der Waals surface area (Å²) in [6.45, 7) is 1.51. The largest absolute Gasteiger partial charge is 0.481 e. The number of hydrogen-bond donors (Lipinski definition) is 2. The van der Waals surface area contributed by atoms with E-state index >= 15 is 0 Å².